The molecule has 2 rings (SSSR count). The van der Waals surface area contributed by atoms with Gasteiger partial charge in [0, 0.05) is 19.1 Å². The summed E-state index contributed by atoms with van der Waals surface area (Å²) < 4.78 is 5.34. The van der Waals surface area contributed by atoms with Gasteiger partial charge in [-0.15, -0.1) is 0 Å². The predicted octanol–water partition coefficient (Wildman–Crippen LogP) is 1.12. The number of nitrogens with two attached hydrogens (primary N) is 1. The van der Waals surface area contributed by atoms with Gasteiger partial charge in [-0.2, -0.15) is 5.10 Å². The van der Waals surface area contributed by atoms with E-state index in [-0.39, 0.29) is 23.7 Å². The Balaban J connectivity index is 1.81. The van der Waals surface area contributed by atoms with Gasteiger partial charge in [0.2, 0.25) is 0 Å². The van der Waals surface area contributed by atoms with Gasteiger partial charge in [-0.3, -0.25) is 9.89 Å². The summed E-state index contributed by atoms with van der Waals surface area (Å²) in [6, 6.07) is 0.00823. The topological polar surface area (TPSA) is 113 Å². The van der Waals surface area contributed by atoms with E-state index in [0.717, 1.165) is 0 Å². The molecular formula is C14H23N5O3. The third-order valence-electron chi connectivity index (χ3n) is 3.38. The minimum Gasteiger partial charge on any atom is -0.444 e. The molecule has 4 N–H and O–H groups in total. The van der Waals surface area contributed by atoms with Crippen molar-refractivity contribution in [3.05, 3.63) is 11.9 Å². The number of nitrogens with one attached hydrogen (secondary N) is 2. The lowest BCUT2D eigenvalue weighted by molar-refractivity contribution is 0.0199. The van der Waals surface area contributed by atoms with E-state index in [2.05, 4.69) is 15.5 Å². The number of carbonyl (C=O) groups excluding carboxylic acids is 2. The summed E-state index contributed by atoms with van der Waals surface area (Å²) in [4.78, 5) is 25.7. The summed E-state index contributed by atoms with van der Waals surface area (Å²) in [7, 11) is 0. The molecule has 8 nitrogen and oxygen atoms in total. The molecule has 0 spiro atoms. The predicted molar refractivity (Wildman–Crippen MR) is 81.3 cm³/mol. The first-order valence-electron chi connectivity index (χ1n) is 7.34. The third kappa shape index (κ3) is 4.12. The molecule has 1 saturated heterocycles. The van der Waals surface area contributed by atoms with Crippen molar-refractivity contribution in [2.45, 2.75) is 45.3 Å². The number of piperidine rings is 1. The van der Waals surface area contributed by atoms with Crippen LogP contribution in [0.3, 0.4) is 0 Å². The van der Waals surface area contributed by atoms with Crippen LogP contribution in [0.15, 0.2) is 6.20 Å². The summed E-state index contributed by atoms with van der Waals surface area (Å²) in [5.74, 6) is -0.272. The van der Waals surface area contributed by atoms with Crippen molar-refractivity contribution >= 4 is 17.7 Å². The largest absolute Gasteiger partial charge is 0.444 e. The van der Waals surface area contributed by atoms with Crippen LogP contribution in [-0.2, 0) is 4.74 Å². The number of carbonyl (C=O) groups is 2. The highest BCUT2D eigenvalue weighted by atomic mass is 16.6. The van der Waals surface area contributed by atoms with E-state index in [1.807, 2.05) is 20.8 Å². The van der Waals surface area contributed by atoms with Gasteiger partial charge in [0.1, 0.15) is 11.3 Å². The Morgan fingerprint density at radius 1 is 1.41 bits per heavy atom. The van der Waals surface area contributed by atoms with Crippen LogP contribution in [0.25, 0.3) is 0 Å². The SMILES string of the molecule is CC(C)(C)OC(=O)N1CCC(NC(=O)c2[nH]ncc2N)CC1. The molecule has 1 aromatic heterocycles. The van der Waals surface area contributed by atoms with Gasteiger partial charge >= 0.3 is 6.09 Å². The van der Waals surface area contributed by atoms with Crippen molar-refractivity contribution in [2.75, 3.05) is 18.8 Å². The highest BCUT2D eigenvalue weighted by Gasteiger charge is 2.28. The third-order valence-corrected chi connectivity index (χ3v) is 3.38. The van der Waals surface area contributed by atoms with Gasteiger partial charge in [-0.05, 0) is 33.6 Å². The summed E-state index contributed by atoms with van der Waals surface area (Å²) in [6.07, 6.45) is 2.45. The van der Waals surface area contributed by atoms with Crippen LogP contribution in [0.4, 0.5) is 10.5 Å². The number of hydrogen-bond donors (Lipinski definition) is 3. The maximum atomic E-state index is 12.0. The van der Waals surface area contributed by atoms with Crippen LogP contribution >= 0.6 is 0 Å². The van der Waals surface area contributed by atoms with Crippen molar-refractivity contribution in [3.63, 3.8) is 0 Å². The number of nitrogens with zero attached hydrogens (tertiary/aromatic N) is 2. The molecule has 0 aromatic carbocycles. The number of anilines is 1. The minimum atomic E-state index is -0.500. The lowest BCUT2D eigenvalue weighted by Crippen LogP contribution is -2.47. The summed E-state index contributed by atoms with van der Waals surface area (Å²) in [6.45, 7) is 6.63. The van der Waals surface area contributed by atoms with Gasteiger partial charge in [0.15, 0.2) is 0 Å². The molecule has 1 fully saturated rings. The van der Waals surface area contributed by atoms with E-state index in [0.29, 0.717) is 31.6 Å². The Labute approximate surface area is 129 Å². The number of H-pyrrole nitrogens is 1. The number of amides is 2. The number of ether oxygens (including phenoxy) is 1. The fraction of sp³-hybridized carbons (Fsp3) is 0.643. The average Bonchev–Trinajstić information content (AvgIpc) is 2.84. The van der Waals surface area contributed by atoms with E-state index in [1.54, 1.807) is 4.90 Å². The number of likely N-dealkylation sites (tertiary alicyclic amines) is 1. The molecule has 2 heterocycles. The standard InChI is InChI=1S/C14H23N5O3/c1-14(2,3)22-13(21)19-6-4-9(5-7-19)17-12(20)11-10(15)8-16-18-11/h8-9H,4-7,15H2,1-3H3,(H,16,18)(H,17,20). The zero-order chi connectivity index (χ0) is 16.3. The van der Waals surface area contributed by atoms with Gasteiger partial charge < -0.3 is 20.7 Å². The van der Waals surface area contributed by atoms with Gasteiger partial charge in [0.25, 0.3) is 5.91 Å². The smallest absolute Gasteiger partial charge is 0.410 e. The Bertz CT molecular complexity index is 541. The number of nitrogen functional groups attached to an aromatic ring is 1. The van der Waals surface area contributed by atoms with Crippen LogP contribution in [-0.4, -0.2) is 51.8 Å². The van der Waals surface area contributed by atoms with Crippen LogP contribution in [0.5, 0.6) is 0 Å². The Morgan fingerprint density at radius 2 is 2.05 bits per heavy atom. The molecule has 1 aliphatic heterocycles. The number of hydrogen-bond acceptors (Lipinski definition) is 5. The first-order valence-corrected chi connectivity index (χ1v) is 7.34. The molecule has 8 heteroatoms. The Hall–Kier alpha value is -2.25. The molecule has 0 atom stereocenters. The van der Waals surface area contributed by atoms with Crippen molar-refractivity contribution in [1.29, 1.82) is 0 Å². The van der Waals surface area contributed by atoms with Crippen molar-refractivity contribution in [2.24, 2.45) is 0 Å². The molecule has 1 aromatic rings. The van der Waals surface area contributed by atoms with Crippen molar-refractivity contribution < 1.29 is 14.3 Å². The summed E-state index contributed by atoms with van der Waals surface area (Å²) in [5.41, 5.74) is 5.74. The van der Waals surface area contributed by atoms with Gasteiger partial charge in [0.05, 0.1) is 11.9 Å². The second kappa shape index (κ2) is 6.25. The van der Waals surface area contributed by atoms with Crippen molar-refractivity contribution in [3.8, 4) is 0 Å². The molecular weight excluding hydrogens is 286 g/mol. The molecule has 2 amide bonds. The van der Waals surface area contributed by atoms with Crippen LogP contribution in [0, 0.1) is 0 Å². The minimum absolute atomic E-state index is 0.00823. The normalized spacial score (nSPS) is 16.4. The summed E-state index contributed by atoms with van der Waals surface area (Å²) >= 11 is 0. The monoisotopic (exact) mass is 309 g/mol. The molecule has 0 radical (unpaired) electrons. The lowest BCUT2D eigenvalue weighted by atomic mass is 10.1. The molecule has 0 saturated carbocycles. The molecule has 0 bridgehead atoms. The number of rotatable bonds is 2. The van der Waals surface area contributed by atoms with E-state index >= 15 is 0 Å². The molecule has 0 aliphatic carbocycles. The van der Waals surface area contributed by atoms with E-state index in [9.17, 15) is 9.59 Å². The Kier molecular flexibility index (Phi) is 4.58. The first-order chi connectivity index (χ1) is 10.3. The zero-order valence-corrected chi connectivity index (χ0v) is 13.2. The molecule has 0 unspecified atom stereocenters. The highest BCUT2D eigenvalue weighted by molar-refractivity contribution is 5.97. The molecule has 22 heavy (non-hydrogen) atoms. The second-order valence-corrected chi connectivity index (χ2v) is 6.42. The second-order valence-electron chi connectivity index (χ2n) is 6.42. The van der Waals surface area contributed by atoms with Crippen LogP contribution < -0.4 is 11.1 Å². The number of aromatic nitrogens is 2. The van der Waals surface area contributed by atoms with E-state index < -0.39 is 5.60 Å². The lowest BCUT2D eigenvalue weighted by Gasteiger charge is -2.33. The Morgan fingerprint density at radius 3 is 2.55 bits per heavy atom. The summed E-state index contributed by atoms with van der Waals surface area (Å²) in [5, 5.41) is 9.20. The number of aromatic amines is 1. The van der Waals surface area contributed by atoms with Crippen LogP contribution in [0.1, 0.15) is 44.1 Å². The van der Waals surface area contributed by atoms with Crippen LogP contribution in [0.2, 0.25) is 0 Å². The first kappa shape index (κ1) is 16.1. The fourth-order valence-corrected chi connectivity index (χ4v) is 2.27. The maximum Gasteiger partial charge on any atom is 0.410 e. The average molecular weight is 309 g/mol. The molecule has 1 aliphatic rings. The molecule has 122 valence electrons. The van der Waals surface area contributed by atoms with Gasteiger partial charge in [-0.25, -0.2) is 4.79 Å². The maximum absolute atomic E-state index is 12.0. The van der Waals surface area contributed by atoms with Gasteiger partial charge in [-0.1, -0.05) is 0 Å². The fourth-order valence-electron chi connectivity index (χ4n) is 2.27. The van der Waals surface area contributed by atoms with Crippen molar-refractivity contribution in [1.82, 2.24) is 20.4 Å². The van der Waals surface area contributed by atoms with E-state index in [4.69, 9.17) is 10.5 Å². The van der Waals surface area contributed by atoms with E-state index in [1.165, 1.54) is 6.20 Å². The quantitative estimate of drug-likeness (QED) is 0.757. The highest BCUT2D eigenvalue weighted by Crippen LogP contribution is 2.16. The zero-order valence-electron chi connectivity index (χ0n) is 13.2.